The fourth-order valence-corrected chi connectivity index (χ4v) is 3.48. The van der Waals surface area contributed by atoms with Crippen LogP contribution in [0.15, 0.2) is 29.6 Å². The van der Waals surface area contributed by atoms with E-state index in [1.165, 1.54) is 29.9 Å². The summed E-state index contributed by atoms with van der Waals surface area (Å²) in [6, 6.07) is 8.06. The summed E-state index contributed by atoms with van der Waals surface area (Å²) >= 11 is 1.52. The molecule has 23 heavy (non-hydrogen) atoms. The summed E-state index contributed by atoms with van der Waals surface area (Å²) in [6.07, 6.45) is 2.81. The Labute approximate surface area is 140 Å². The molecule has 1 amide bonds. The molecular weight excluding hydrogens is 310 g/mol. The van der Waals surface area contributed by atoms with Crippen LogP contribution < -0.4 is 10.2 Å². The lowest BCUT2D eigenvalue weighted by molar-refractivity contribution is -0.115. The molecule has 1 aliphatic heterocycles. The van der Waals surface area contributed by atoms with Crippen molar-refractivity contribution in [3.05, 3.63) is 40.3 Å². The van der Waals surface area contributed by atoms with Crippen LogP contribution >= 0.6 is 11.3 Å². The lowest BCUT2D eigenvalue weighted by Gasteiger charge is -2.17. The number of hydrogen-bond donors (Lipinski definition) is 1. The van der Waals surface area contributed by atoms with Crippen molar-refractivity contribution < 1.29 is 9.53 Å². The smallest absolute Gasteiger partial charge is 0.230 e. The lowest BCUT2D eigenvalue weighted by atomic mass is 10.2. The summed E-state index contributed by atoms with van der Waals surface area (Å²) in [5, 5.41) is 5.73. The van der Waals surface area contributed by atoms with E-state index >= 15 is 0 Å². The SMILES string of the molecule is COCc1nc(CC(=O)Nc2ccc(N3CCCC3)cc2)cs1. The van der Waals surface area contributed by atoms with Gasteiger partial charge in [-0.25, -0.2) is 4.98 Å². The van der Waals surface area contributed by atoms with Crippen molar-refractivity contribution in [2.24, 2.45) is 0 Å². The van der Waals surface area contributed by atoms with E-state index in [1.54, 1.807) is 7.11 Å². The van der Waals surface area contributed by atoms with Crippen LogP contribution in [0.25, 0.3) is 0 Å². The molecule has 1 aromatic carbocycles. The molecule has 122 valence electrons. The molecule has 0 bridgehead atoms. The lowest BCUT2D eigenvalue weighted by Crippen LogP contribution is -2.18. The highest BCUT2D eigenvalue weighted by molar-refractivity contribution is 7.09. The second kappa shape index (κ2) is 7.57. The van der Waals surface area contributed by atoms with Crippen LogP contribution in [0.4, 0.5) is 11.4 Å². The van der Waals surface area contributed by atoms with Gasteiger partial charge in [0.25, 0.3) is 0 Å². The van der Waals surface area contributed by atoms with E-state index in [1.807, 2.05) is 17.5 Å². The number of nitrogens with zero attached hydrogens (tertiary/aromatic N) is 2. The number of nitrogens with one attached hydrogen (secondary N) is 1. The second-order valence-electron chi connectivity index (χ2n) is 5.63. The van der Waals surface area contributed by atoms with E-state index in [2.05, 4.69) is 27.3 Å². The number of rotatable bonds is 6. The summed E-state index contributed by atoms with van der Waals surface area (Å²) in [7, 11) is 1.64. The van der Waals surface area contributed by atoms with Gasteiger partial charge in [0.2, 0.25) is 5.91 Å². The van der Waals surface area contributed by atoms with Crippen molar-refractivity contribution in [1.29, 1.82) is 0 Å². The predicted molar refractivity (Wildman–Crippen MR) is 93.0 cm³/mol. The van der Waals surface area contributed by atoms with Gasteiger partial charge < -0.3 is 15.0 Å². The first-order chi connectivity index (χ1) is 11.2. The number of amides is 1. The van der Waals surface area contributed by atoms with Gasteiger partial charge in [-0.2, -0.15) is 0 Å². The third kappa shape index (κ3) is 4.30. The van der Waals surface area contributed by atoms with Gasteiger partial charge >= 0.3 is 0 Å². The highest BCUT2D eigenvalue weighted by Gasteiger charge is 2.12. The monoisotopic (exact) mass is 331 g/mol. The van der Waals surface area contributed by atoms with Crippen LogP contribution in [0.1, 0.15) is 23.5 Å². The molecule has 2 heterocycles. The van der Waals surface area contributed by atoms with Crippen LogP contribution in [0, 0.1) is 0 Å². The number of ether oxygens (including phenoxy) is 1. The average Bonchev–Trinajstić information content (AvgIpc) is 3.20. The van der Waals surface area contributed by atoms with Crippen molar-refractivity contribution in [3.8, 4) is 0 Å². The Bertz CT molecular complexity index is 648. The van der Waals surface area contributed by atoms with Crippen LogP contribution in [0.5, 0.6) is 0 Å². The maximum Gasteiger partial charge on any atom is 0.230 e. The molecule has 1 aromatic heterocycles. The first-order valence-electron chi connectivity index (χ1n) is 7.81. The van der Waals surface area contributed by atoms with Crippen molar-refractivity contribution in [2.75, 3.05) is 30.4 Å². The topological polar surface area (TPSA) is 54.5 Å². The van der Waals surface area contributed by atoms with E-state index in [9.17, 15) is 4.79 Å². The van der Waals surface area contributed by atoms with Gasteiger partial charge in [-0.05, 0) is 37.1 Å². The molecule has 6 heteroatoms. The zero-order chi connectivity index (χ0) is 16.1. The van der Waals surface area contributed by atoms with E-state index in [4.69, 9.17) is 4.74 Å². The molecule has 0 spiro atoms. The third-order valence-electron chi connectivity index (χ3n) is 3.83. The van der Waals surface area contributed by atoms with Crippen LogP contribution in [-0.2, 0) is 22.6 Å². The molecule has 1 saturated heterocycles. The number of anilines is 2. The molecule has 0 saturated carbocycles. The van der Waals surface area contributed by atoms with Crippen molar-refractivity contribution in [2.45, 2.75) is 25.9 Å². The first-order valence-corrected chi connectivity index (χ1v) is 8.69. The van der Waals surface area contributed by atoms with Crippen molar-refractivity contribution >= 4 is 28.6 Å². The molecule has 0 radical (unpaired) electrons. The van der Waals surface area contributed by atoms with E-state index in [0.717, 1.165) is 29.5 Å². The highest BCUT2D eigenvalue weighted by Crippen LogP contribution is 2.22. The average molecular weight is 331 g/mol. The summed E-state index contributed by atoms with van der Waals surface area (Å²) in [5.74, 6) is -0.0480. The number of benzene rings is 1. The Morgan fingerprint density at radius 3 is 2.74 bits per heavy atom. The molecule has 5 nitrogen and oxygen atoms in total. The van der Waals surface area contributed by atoms with Gasteiger partial charge in [0.1, 0.15) is 5.01 Å². The van der Waals surface area contributed by atoms with Gasteiger partial charge in [-0.15, -0.1) is 11.3 Å². The summed E-state index contributed by atoms with van der Waals surface area (Å²) < 4.78 is 5.04. The first kappa shape index (κ1) is 16.0. The fourth-order valence-electron chi connectivity index (χ4n) is 2.72. The number of aromatic nitrogens is 1. The maximum atomic E-state index is 12.1. The minimum atomic E-state index is -0.0480. The summed E-state index contributed by atoms with van der Waals surface area (Å²) in [5.41, 5.74) is 2.84. The van der Waals surface area contributed by atoms with E-state index < -0.39 is 0 Å². The predicted octanol–water partition coefficient (Wildman–Crippen LogP) is 3.07. The largest absolute Gasteiger partial charge is 0.378 e. The quantitative estimate of drug-likeness (QED) is 0.884. The highest BCUT2D eigenvalue weighted by atomic mass is 32.1. The summed E-state index contributed by atoms with van der Waals surface area (Å²) in [6.45, 7) is 2.74. The molecule has 0 unspecified atom stereocenters. The molecule has 1 fully saturated rings. The normalized spacial score (nSPS) is 14.2. The molecule has 3 rings (SSSR count). The number of methoxy groups -OCH3 is 1. The van der Waals surface area contributed by atoms with Gasteiger partial charge in [-0.1, -0.05) is 0 Å². The van der Waals surface area contributed by atoms with Crippen molar-refractivity contribution in [1.82, 2.24) is 4.98 Å². The van der Waals surface area contributed by atoms with Gasteiger partial charge in [0.05, 0.1) is 18.7 Å². The Morgan fingerprint density at radius 2 is 2.04 bits per heavy atom. The number of carbonyl (C=O) groups excluding carboxylic acids is 1. The minimum absolute atomic E-state index is 0.0480. The Kier molecular flexibility index (Phi) is 5.25. The molecule has 1 aliphatic rings. The van der Waals surface area contributed by atoms with Crippen LogP contribution in [0.2, 0.25) is 0 Å². The minimum Gasteiger partial charge on any atom is -0.378 e. The zero-order valence-electron chi connectivity index (χ0n) is 13.2. The maximum absolute atomic E-state index is 12.1. The van der Waals surface area contributed by atoms with Crippen LogP contribution in [0.3, 0.4) is 0 Å². The number of thiazole rings is 1. The Balaban J connectivity index is 1.54. The standard InChI is InChI=1S/C17H21N3O2S/c1-22-11-17-19-14(12-23-17)10-16(21)18-13-4-6-15(7-5-13)20-8-2-3-9-20/h4-7,12H,2-3,8-11H2,1H3,(H,18,21). The molecule has 2 aromatic rings. The number of carbonyl (C=O) groups is 1. The molecule has 0 atom stereocenters. The second-order valence-corrected chi connectivity index (χ2v) is 6.57. The van der Waals surface area contributed by atoms with Crippen LogP contribution in [-0.4, -0.2) is 31.1 Å². The van der Waals surface area contributed by atoms with Gasteiger partial charge in [-0.3, -0.25) is 4.79 Å². The van der Waals surface area contributed by atoms with Gasteiger partial charge in [0, 0.05) is 37.0 Å². The molecular formula is C17H21N3O2S. The van der Waals surface area contributed by atoms with E-state index in [-0.39, 0.29) is 12.3 Å². The third-order valence-corrected chi connectivity index (χ3v) is 4.70. The number of hydrogen-bond acceptors (Lipinski definition) is 5. The van der Waals surface area contributed by atoms with E-state index in [0.29, 0.717) is 6.61 Å². The van der Waals surface area contributed by atoms with Crippen molar-refractivity contribution in [3.63, 3.8) is 0 Å². The zero-order valence-corrected chi connectivity index (χ0v) is 14.1. The molecule has 0 aliphatic carbocycles. The Hall–Kier alpha value is -1.92. The Morgan fingerprint density at radius 1 is 1.30 bits per heavy atom. The molecule has 1 N–H and O–H groups in total. The van der Waals surface area contributed by atoms with Gasteiger partial charge in [0.15, 0.2) is 0 Å². The fraction of sp³-hybridized carbons (Fsp3) is 0.412. The summed E-state index contributed by atoms with van der Waals surface area (Å²) in [4.78, 5) is 18.8.